The molecule has 1 rings (SSSR count). The van der Waals surface area contributed by atoms with E-state index in [4.69, 9.17) is 4.74 Å². The lowest BCUT2D eigenvalue weighted by molar-refractivity contribution is -0.682. The molecular weight excluding hydrogens is 338 g/mol. The van der Waals surface area contributed by atoms with Crippen LogP contribution in [-0.2, 0) is 9.59 Å². The largest absolute Gasteiger partial charge is 0.496 e. The van der Waals surface area contributed by atoms with Crippen molar-refractivity contribution in [3.63, 3.8) is 0 Å². The summed E-state index contributed by atoms with van der Waals surface area (Å²) in [6, 6.07) is 5.95. The Morgan fingerprint density at radius 1 is 1.38 bits per heavy atom. The minimum Gasteiger partial charge on any atom is -0.496 e. The number of amides is 2. The van der Waals surface area contributed by atoms with Crippen LogP contribution in [0.2, 0.25) is 0 Å². The van der Waals surface area contributed by atoms with Crippen LogP contribution in [0.4, 0.5) is 0 Å². The second-order valence-corrected chi connectivity index (χ2v) is 5.43. The maximum Gasteiger partial charge on any atom is 0.275 e. The molecule has 1 atom stereocenters. The van der Waals surface area contributed by atoms with Crippen LogP contribution >= 0.6 is 15.9 Å². The number of hydrogen-bond acceptors (Lipinski definition) is 3. The standard InChI is InChI=1S/C14H20BrN3O3/c1-9(10-4-5-12(21-3)11(15)6-10)17-8-14(20)18-7-13(19)16-2/h4-6,9,17H,7-8H2,1-3H3,(H,16,19)(H,18,20)/p+1/t9-/m0/s1. The normalized spacial score (nSPS) is 11.6. The number of carbonyl (C=O) groups is 2. The van der Waals surface area contributed by atoms with Gasteiger partial charge in [0.1, 0.15) is 11.8 Å². The molecule has 0 aromatic heterocycles. The van der Waals surface area contributed by atoms with E-state index >= 15 is 0 Å². The molecule has 0 spiro atoms. The number of ether oxygens (including phenoxy) is 1. The number of nitrogens with two attached hydrogens (primary N) is 1. The maximum atomic E-state index is 11.6. The summed E-state index contributed by atoms with van der Waals surface area (Å²) < 4.78 is 6.07. The van der Waals surface area contributed by atoms with E-state index in [9.17, 15) is 9.59 Å². The Kier molecular flexibility index (Phi) is 7.18. The minimum absolute atomic E-state index is 0.00559. The van der Waals surface area contributed by atoms with Crippen molar-refractivity contribution in [2.75, 3.05) is 27.2 Å². The van der Waals surface area contributed by atoms with Gasteiger partial charge in [-0.3, -0.25) is 9.59 Å². The molecule has 0 radical (unpaired) electrons. The first-order valence-corrected chi connectivity index (χ1v) is 7.41. The zero-order chi connectivity index (χ0) is 15.8. The first-order chi connectivity index (χ1) is 9.97. The van der Waals surface area contributed by atoms with Crippen LogP contribution < -0.4 is 20.7 Å². The lowest BCUT2D eigenvalue weighted by Crippen LogP contribution is -2.87. The molecule has 0 aliphatic heterocycles. The van der Waals surface area contributed by atoms with Crippen molar-refractivity contribution in [1.82, 2.24) is 10.6 Å². The molecule has 7 heteroatoms. The van der Waals surface area contributed by atoms with E-state index < -0.39 is 0 Å². The third-order valence-corrected chi connectivity index (χ3v) is 3.70. The van der Waals surface area contributed by atoms with Gasteiger partial charge in [-0.05, 0) is 41.1 Å². The minimum atomic E-state index is -0.213. The molecule has 21 heavy (non-hydrogen) atoms. The Labute approximate surface area is 132 Å². The number of halogens is 1. The summed E-state index contributed by atoms with van der Waals surface area (Å²) in [6.45, 7) is 2.29. The van der Waals surface area contributed by atoms with Gasteiger partial charge in [-0.2, -0.15) is 0 Å². The number of rotatable bonds is 7. The van der Waals surface area contributed by atoms with E-state index in [1.807, 2.05) is 30.4 Å². The molecule has 2 amide bonds. The van der Waals surface area contributed by atoms with Gasteiger partial charge in [-0.25, -0.2) is 0 Å². The van der Waals surface area contributed by atoms with Crippen molar-refractivity contribution in [2.45, 2.75) is 13.0 Å². The second kappa shape index (κ2) is 8.63. The molecule has 0 aliphatic rings. The SMILES string of the molecule is CNC(=O)CNC(=O)C[NH2+][C@@H](C)c1ccc(OC)c(Br)c1. The van der Waals surface area contributed by atoms with Gasteiger partial charge in [0.25, 0.3) is 5.91 Å². The summed E-state index contributed by atoms with van der Waals surface area (Å²) in [7, 11) is 3.15. The van der Waals surface area contributed by atoms with Crippen LogP contribution in [0.1, 0.15) is 18.5 Å². The first-order valence-electron chi connectivity index (χ1n) is 6.62. The quantitative estimate of drug-likeness (QED) is 0.638. The van der Waals surface area contributed by atoms with E-state index in [-0.39, 0.29) is 30.9 Å². The molecule has 6 nitrogen and oxygen atoms in total. The molecule has 1 aromatic carbocycles. The van der Waals surface area contributed by atoms with Crippen LogP contribution in [0.3, 0.4) is 0 Å². The van der Waals surface area contributed by atoms with Gasteiger partial charge in [0, 0.05) is 12.6 Å². The van der Waals surface area contributed by atoms with Crippen molar-refractivity contribution in [2.24, 2.45) is 0 Å². The van der Waals surface area contributed by atoms with Crippen LogP contribution in [0.25, 0.3) is 0 Å². The smallest absolute Gasteiger partial charge is 0.275 e. The summed E-state index contributed by atoms with van der Waals surface area (Å²) in [5.41, 5.74) is 1.08. The molecule has 0 unspecified atom stereocenters. The van der Waals surface area contributed by atoms with Gasteiger partial charge in [0.2, 0.25) is 5.91 Å². The Morgan fingerprint density at radius 3 is 2.67 bits per heavy atom. The average Bonchev–Trinajstić information content (AvgIpc) is 2.49. The van der Waals surface area contributed by atoms with Gasteiger partial charge < -0.3 is 20.7 Å². The van der Waals surface area contributed by atoms with Gasteiger partial charge in [-0.1, -0.05) is 0 Å². The van der Waals surface area contributed by atoms with Crippen molar-refractivity contribution in [3.8, 4) is 5.75 Å². The summed E-state index contributed by atoms with van der Waals surface area (Å²) in [5.74, 6) is 0.391. The molecule has 116 valence electrons. The molecule has 4 N–H and O–H groups in total. The van der Waals surface area contributed by atoms with Gasteiger partial charge in [-0.15, -0.1) is 0 Å². The number of nitrogens with one attached hydrogen (secondary N) is 2. The topological polar surface area (TPSA) is 84.0 Å². The maximum absolute atomic E-state index is 11.6. The van der Waals surface area contributed by atoms with Crippen molar-refractivity contribution in [3.05, 3.63) is 28.2 Å². The highest BCUT2D eigenvalue weighted by molar-refractivity contribution is 9.10. The molecule has 0 saturated heterocycles. The molecule has 0 fully saturated rings. The Bertz CT molecular complexity index is 508. The van der Waals surface area contributed by atoms with E-state index in [2.05, 4.69) is 26.6 Å². The fraction of sp³-hybridized carbons (Fsp3) is 0.429. The summed E-state index contributed by atoms with van der Waals surface area (Å²) in [6.07, 6.45) is 0. The van der Waals surface area contributed by atoms with Crippen molar-refractivity contribution < 1.29 is 19.6 Å². The molecular formula is C14H21BrN3O3+. The van der Waals surface area contributed by atoms with E-state index in [1.165, 1.54) is 7.05 Å². The lowest BCUT2D eigenvalue weighted by Gasteiger charge is -2.12. The first kappa shape index (κ1) is 17.5. The lowest BCUT2D eigenvalue weighted by atomic mass is 10.1. The Morgan fingerprint density at radius 2 is 2.10 bits per heavy atom. The number of carbonyl (C=O) groups excluding carboxylic acids is 2. The predicted octanol–water partition coefficient (Wildman–Crippen LogP) is -0.0557. The van der Waals surface area contributed by atoms with Gasteiger partial charge in [0.05, 0.1) is 18.1 Å². The monoisotopic (exact) mass is 358 g/mol. The van der Waals surface area contributed by atoms with E-state index in [0.29, 0.717) is 0 Å². The van der Waals surface area contributed by atoms with E-state index in [0.717, 1.165) is 15.8 Å². The van der Waals surface area contributed by atoms with Crippen LogP contribution in [0.15, 0.2) is 22.7 Å². The third-order valence-electron chi connectivity index (χ3n) is 3.08. The number of likely N-dealkylation sites (N-methyl/N-ethyl adjacent to an activating group) is 1. The van der Waals surface area contributed by atoms with Gasteiger partial charge >= 0.3 is 0 Å². The van der Waals surface area contributed by atoms with Crippen LogP contribution in [0, 0.1) is 0 Å². The third kappa shape index (κ3) is 5.73. The average molecular weight is 359 g/mol. The number of benzene rings is 1. The highest BCUT2D eigenvalue weighted by Crippen LogP contribution is 2.26. The van der Waals surface area contributed by atoms with Crippen LogP contribution in [0.5, 0.6) is 5.75 Å². The Balaban J connectivity index is 2.46. The Hall–Kier alpha value is -1.60. The molecule has 0 aliphatic carbocycles. The number of methoxy groups -OCH3 is 1. The highest BCUT2D eigenvalue weighted by Gasteiger charge is 2.13. The van der Waals surface area contributed by atoms with Crippen molar-refractivity contribution in [1.29, 1.82) is 0 Å². The summed E-state index contributed by atoms with van der Waals surface area (Å²) >= 11 is 3.44. The summed E-state index contributed by atoms with van der Waals surface area (Å²) in [4.78, 5) is 22.6. The molecule has 0 heterocycles. The summed E-state index contributed by atoms with van der Waals surface area (Å²) in [5, 5.41) is 6.92. The molecule has 0 saturated carbocycles. The van der Waals surface area contributed by atoms with Gasteiger partial charge in [0.15, 0.2) is 6.54 Å². The fourth-order valence-corrected chi connectivity index (χ4v) is 2.28. The van der Waals surface area contributed by atoms with E-state index in [1.54, 1.807) is 7.11 Å². The fourth-order valence-electron chi connectivity index (χ4n) is 1.73. The molecule has 0 bridgehead atoms. The predicted molar refractivity (Wildman–Crippen MR) is 83.0 cm³/mol. The number of hydrogen-bond donors (Lipinski definition) is 3. The van der Waals surface area contributed by atoms with Crippen molar-refractivity contribution >= 4 is 27.7 Å². The number of quaternary nitrogens is 1. The zero-order valence-electron chi connectivity index (χ0n) is 12.4. The van der Waals surface area contributed by atoms with Crippen LogP contribution in [-0.4, -0.2) is 39.1 Å². The zero-order valence-corrected chi connectivity index (χ0v) is 14.0. The highest BCUT2D eigenvalue weighted by atomic mass is 79.9. The second-order valence-electron chi connectivity index (χ2n) is 4.57. The molecule has 1 aromatic rings.